The van der Waals surface area contributed by atoms with Crippen LogP contribution in [0.3, 0.4) is 0 Å². The number of aromatic hydroxyl groups is 1. The van der Waals surface area contributed by atoms with Crippen LogP contribution in [-0.4, -0.2) is 16.9 Å². The average molecular weight is 337 g/mol. The fraction of sp³-hybridized carbons (Fsp3) is 0.176. The SMILES string of the molecule is C=C(C)C(N)=O.CC.NC(=O)c1cc(Cl)c2ccccc2c1O. The van der Waals surface area contributed by atoms with Crippen LogP contribution in [0, 0.1) is 0 Å². The number of primary amides is 2. The lowest BCUT2D eigenvalue weighted by Gasteiger charge is -2.06. The van der Waals surface area contributed by atoms with Gasteiger partial charge in [-0.3, -0.25) is 9.59 Å². The molecule has 0 saturated heterocycles. The summed E-state index contributed by atoms with van der Waals surface area (Å²) in [4.78, 5) is 20.8. The first-order chi connectivity index (χ1) is 10.8. The van der Waals surface area contributed by atoms with E-state index in [4.69, 9.17) is 23.1 Å². The Morgan fingerprint density at radius 2 is 1.57 bits per heavy atom. The van der Waals surface area contributed by atoms with E-state index in [-0.39, 0.29) is 11.3 Å². The number of fused-ring (bicyclic) bond motifs is 1. The van der Waals surface area contributed by atoms with Gasteiger partial charge in [-0.15, -0.1) is 0 Å². The standard InChI is InChI=1S/C11H8ClNO2.C4H7NO.C2H6/c12-9-5-8(11(13)15)10(14)7-4-2-1-3-6(7)9;1-3(2)4(5)6;1-2/h1-5,14H,(H2,13,15);1H2,2H3,(H2,5,6);1-2H3. The molecule has 23 heavy (non-hydrogen) atoms. The summed E-state index contributed by atoms with van der Waals surface area (Å²) < 4.78 is 0. The predicted octanol–water partition coefficient (Wildman–Crippen LogP) is 3.37. The Kier molecular flexibility index (Phi) is 8.44. The van der Waals surface area contributed by atoms with Gasteiger partial charge >= 0.3 is 0 Å². The molecule has 0 aliphatic heterocycles. The molecule has 0 saturated carbocycles. The van der Waals surface area contributed by atoms with Gasteiger partial charge in [0.2, 0.25) is 5.91 Å². The van der Waals surface area contributed by atoms with Crippen molar-refractivity contribution in [2.75, 3.05) is 0 Å². The van der Waals surface area contributed by atoms with Crippen molar-refractivity contribution in [3.8, 4) is 5.75 Å². The molecule has 0 aliphatic rings. The average Bonchev–Trinajstić information content (AvgIpc) is 2.53. The summed E-state index contributed by atoms with van der Waals surface area (Å²) in [6.07, 6.45) is 0. The van der Waals surface area contributed by atoms with Crippen LogP contribution in [0.2, 0.25) is 5.02 Å². The van der Waals surface area contributed by atoms with Crippen molar-refractivity contribution < 1.29 is 14.7 Å². The molecule has 0 aromatic heterocycles. The Labute approximate surface area is 140 Å². The zero-order valence-corrected chi connectivity index (χ0v) is 14.1. The lowest BCUT2D eigenvalue weighted by molar-refractivity contribution is -0.114. The summed E-state index contributed by atoms with van der Waals surface area (Å²) in [5.74, 6) is -1.25. The highest BCUT2D eigenvalue weighted by molar-refractivity contribution is 6.36. The van der Waals surface area contributed by atoms with Gasteiger partial charge < -0.3 is 16.6 Å². The minimum absolute atomic E-state index is 0.0405. The second-order valence-electron chi connectivity index (χ2n) is 4.31. The van der Waals surface area contributed by atoms with Gasteiger partial charge in [-0.2, -0.15) is 0 Å². The number of carbonyl (C=O) groups excluding carboxylic acids is 2. The molecule has 2 aromatic carbocycles. The van der Waals surface area contributed by atoms with Crippen LogP contribution in [-0.2, 0) is 4.79 Å². The Hall–Kier alpha value is -2.53. The van der Waals surface area contributed by atoms with Gasteiger partial charge in [-0.05, 0) is 13.0 Å². The van der Waals surface area contributed by atoms with Gasteiger partial charge in [0.05, 0.1) is 5.56 Å². The molecule has 0 bridgehead atoms. The minimum Gasteiger partial charge on any atom is -0.506 e. The summed E-state index contributed by atoms with van der Waals surface area (Å²) in [5.41, 5.74) is 10.3. The molecule has 5 N–H and O–H groups in total. The van der Waals surface area contributed by atoms with Crippen molar-refractivity contribution in [2.45, 2.75) is 20.8 Å². The first-order valence-corrected chi connectivity index (χ1v) is 7.28. The van der Waals surface area contributed by atoms with E-state index in [0.717, 1.165) is 0 Å². The molecule has 6 heteroatoms. The van der Waals surface area contributed by atoms with E-state index in [1.54, 1.807) is 31.2 Å². The summed E-state index contributed by atoms with van der Waals surface area (Å²) >= 11 is 5.96. The maximum absolute atomic E-state index is 11.0. The molecule has 0 spiro atoms. The van der Waals surface area contributed by atoms with Crippen molar-refractivity contribution in [2.24, 2.45) is 11.5 Å². The van der Waals surface area contributed by atoms with Crippen LogP contribution >= 0.6 is 11.6 Å². The second-order valence-corrected chi connectivity index (χ2v) is 4.72. The van der Waals surface area contributed by atoms with Gasteiger partial charge in [0.15, 0.2) is 0 Å². The number of nitrogens with two attached hydrogens (primary N) is 2. The largest absolute Gasteiger partial charge is 0.506 e. The van der Waals surface area contributed by atoms with Crippen molar-refractivity contribution in [3.63, 3.8) is 0 Å². The highest BCUT2D eigenvalue weighted by atomic mass is 35.5. The van der Waals surface area contributed by atoms with Gasteiger partial charge in [-0.1, -0.05) is 56.3 Å². The zero-order valence-electron chi connectivity index (χ0n) is 13.4. The van der Waals surface area contributed by atoms with Gasteiger partial charge in [0.1, 0.15) is 5.75 Å². The zero-order chi connectivity index (χ0) is 18.2. The fourth-order valence-corrected chi connectivity index (χ4v) is 1.78. The van der Waals surface area contributed by atoms with E-state index in [9.17, 15) is 14.7 Å². The summed E-state index contributed by atoms with van der Waals surface area (Å²) in [6.45, 7) is 8.85. The number of amides is 2. The molecule has 0 aliphatic carbocycles. The summed E-state index contributed by atoms with van der Waals surface area (Å²) in [5, 5.41) is 11.4. The molecule has 0 fully saturated rings. The fourth-order valence-electron chi connectivity index (χ4n) is 1.50. The normalized spacial score (nSPS) is 9.04. The number of rotatable bonds is 2. The maximum Gasteiger partial charge on any atom is 0.252 e. The predicted molar refractivity (Wildman–Crippen MR) is 94.5 cm³/mol. The lowest BCUT2D eigenvalue weighted by Crippen LogP contribution is -2.11. The molecule has 2 rings (SSSR count). The number of hydrogen-bond donors (Lipinski definition) is 3. The summed E-state index contributed by atoms with van der Waals surface area (Å²) in [6, 6.07) is 8.38. The van der Waals surface area contributed by atoms with Crippen LogP contribution in [0.5, 0.6) is 5.75 Å². The Morgan fingerprint density at radius 3 is 1.96 bits per heavy atom. The van der Waals surface area contributed by atoms with Crippen LogP contribution in [0.25, 0.3) is 10.8 Å². The first-order valence-electron chi connectivity index (χ1n) is 6.91. The highest BCUT2D eigenvalue weighted by Gasteiger charge is 2.13. The highest BCUT2D eigenvalue weighted by Crippen LogP contribution is 2.33. The smallest absolute Gasteiger partial charge is 0.252 e. The first kappa shape index (κ1) is 20.5. The molecular weight excluding hydrogens is 316 g/mol. The van der Waals surface area contributed by atoms with E-state index in [2.05, 4.69) is 6.58 Å². The molecule has 0 radical (unpaired) electrons. The molecule has 0 unspecified atom stereocenters. The number of phenols is 1. The van der Waals surface area contributed by atoms with Crippen molar-refractivity contribution in [1.29, 1.82) is 0 Å². The molecule has 5 nitrogen and oxygen atoms in total. The van der Waals surface area contributed by atoms with E-state index in [1.165, 1.54) is 6.07 Å². The van der Waals surface area contributed by atoms with E-state index < -0.39 is 11.8 Å². The van der Waals surface area contributed by atoms with Gasteiger partial charge in [0, 0.05) is 21.4 Å². The van der Waals surface area contributed by atoms with Crippen LogP contribution in [0.4, 0.5) is 0 Å². The lowest BCUT2D eigenvalue weighted by atomic mass is 10.0. The van der Waals surface area contributed by atoms with Crippen LogP contribution in [0.15, 0.2) is 42.5 Å². The molecule has 2 amide bonds. The molecular formula is C17H21ClN2O3. The number of halogens is 1. The minimum atomic E-state index is -0.694. The van der Waals surface area contributed by atoms with Crippen LogP contribution < -0.4 is 11.5 Å². The monoisotopic (exact) mass is 336 g/mol. The van der Waals surface area contributed by atoms with Crippen LogP contribution in [0.1, 0.15) is 31.1 Å². The van der Waals surface area contributed by atoms with E-state index in [1.807, 2.05) is 13.8 Å². The Morgan fingerprint density at radius 1 is 1.13 bits per heavy atom. The van der Waals surface area contributed by atoms with Gasteiger partial charge in [-0.25, -0.2) is 0 Å². The van der Waals surface area contributed by atoms with E-state index >= 15 is 0 Å². The third kappa shape index (κ3) is 5.64. The Balaban J connectivity index is 0.000000515. The molecule has 0 atom stereocenters. The maximum atomic E-state index is 11.0. The molecule has 0 heterocycles. The van der Waals surface area contributed by atoms with E-state index in [0.29, 0.717) is 21.4 Å². The van der Waals surface area contributed by atoms with Crippen molar-refractivity contribution in [1.82, 2.24) is 0 Å². The third-order valence-corrected chi connectivity index (χ3v) is 2.96. The van der Waals surface area contributed by atoms with Gasteiger partial charge in [0.25, 0.3) is 5.91 Å². The topological polar surface area (TPSA) is 106 Å². The molecule has 124 valence electrons. The van der Waals surface area contributed by atoms with Crippen molar-refractivity contribution in [3.05, 3.63) is 53.1 Å². The third-order valence-electron chi connectivity index (χ3n) is 2.65. The Bertz CT molecular complexity index is 715. The number of hydrogen-bond acceptors (Lipinski definition) is 3. The number of carbonyl (C=O) groups is 2. The van der Waals surface area contributed by atoms with Crippen molar-refractivity contribution >= 4 is 34.2 Å². The number of benzene rings is 2. The quantitative estimate of drug-likeness (QED) is 0.732. The molecule has 2 aromatic rings. The second kappa shape index (κ2) is 9.48. The summed E-state index contributed by atoms with van der Waals surface area (Å²) in [7, 11) is 0.